The number of rotatable bonds is 2. The van der Waals surface area contributed by atoms with E-state index in [9.17, 15) is 0 Å². The predicted octanol–water partition coefficient (Wildman–Crippen LogP) is -0.887. The van der Waals surface area contributed by atoms with Gasteiger partial charge in [0.2, 0.25) is 0 Å². The van der Waals surface area contributed by atoms with Crippen LogP contribution < -0.4 is 18.9 Å². The summed E-state index contributed by atoms with van der Waals surface area (Å²) < 4.78 is 0. The topological polar surface area (TPSA) is 3.24 Å². The number of nitrogens with zero attached hydrogens (tertiary/aromatic N) is 1. The molecule has 0 spiro atoms. The van der Waals surface area contributed by atoms with Crippen LogP contribution in [0.25, 0.3) is 0 Å². The maximum absolute atomic E-state index is 3.21. The fourth-order valence-corrected chi connectivity index (χ4v) is 0.945. The standard InChI is InChI=1S/C10H14N.Li/c1-9(11(2)3)10-7-5-4-6-8-10;/h4-7,9H,1-3H3;/q-1;+1/t9-;/m1./s1. The zero-order valence-electron chi connectivity index (χ0n) is 8.33. The molecule has 0 heterocycles. The Morgan fingerprint density at radius 2 is 2.00 bits per heavy atom. The molecule has 0 bridgehead atoms. The summed E-state index contributed by atoms with van der Waals surface area (Å²) in [5.74, 6) is 0. The zero-order valence-corrected chi connectivity index (χ0v) is 8.33. The van der Waals surface area contributed by atoms with Crippen LogP contribution >= 0.6 is 0 Å². The van der Waals surface area contributed by atoms with Crippen molar-refractivity contribution in [3.8, 4) is 0 Å². The summed E-state index contributed by atoms with van der Waals surface area (Å²) in [6.45, 7) is 2.17. The first kappa shape index (κ1) is 11.8. The van der Waals surface area contributed by atoms with Crippen molar-refractivity contribution in [1.29, 1.82) is 0 Å². The number of hydrogen-bond acceptors (Lipinski definition) is 1. The van der Waals surface area contributed by atoms with E-state index >= 15 is 0 Å². The monoisotopic (exact) mass is 155 g/mol. The quantitative estimate of drug-likeness (QED) is 0.396. The molecule has 1 nitrogen and oxygen atoms in total. The third-order valence-electron chi connectivity index (χ3n) is 1.96. The Balaban J connectivity index is 0.00000121. The van der Waals surface area contributed by atoms with E-state index in [2.05, 4.69) is 38.1 Å². The first-order valence-electron chi connectivity index (χ1n) is 3.85. The van der Waals surface area contributed by atoms with Crippen LogP contribution in [0.2, 0.25) is 0 Å². The van der Waals surface area contributed by atoms with Gasteiger partial charge in [0.15, 0.2) is 0 Å². The minimum Gasteiger partial charge on any atom is -0.305 e. The van der Waals surface area contributed by atoms with Crippen LogP contribution in [0.1, 0.15) is 18.5 Å². The van der Waals surface area contributed by atoms with E-state index in [4.69, 9.17) is 0 Å². The van der Waals surface area contributed by atoms with E-state index in [1.165, 1.54) is 5.56 Å². The molecule has 0 aromatic heterocycles. The second-order valence-electron chi connectivity index (χ2n) is 2.96. The molecule has 0 aliphatic heterocycles. The Kier molecular flexibility index (Phi) is 5.33. The van der Waals surface area contributed by atoms with Crippen LogP contribution in [0.5, 0.6) is 0 Å². The minimum absolute atomic E-state index is 0. The van der Waals surface area contributed by atoms with Crippen molar-refractivity contribution in [3.05, 3.63) is 35.9 Å². The molecule has 1 aromatic rings. The van der Waals surface area contributed by atoms with E-state index in [0.717, 1.165) is 0 Å². The molecule has 0 aliphatic rings. The normalized spacial score (nSPS) is 12.3. The molecule has 0 N–H and O–H groups in total. The van der Waals surface area contributed by atoms with Crippen LogP contribution in [0.3, 0.4) is 0 Å². The summed E-state index contributed by atoms with van der Waals surface area (Å²) in [4.78, 5) is 2.17. The van der Waals surface area contributed by atoms with Crippen molar-refractivity contribution < 1.29 is 18.9 Å². The molecular weight excluding hydrogens is 141 g/mol. The third kappa shape index (κ3) is 3.03. The van der Waals surface area contributed by atoms with Gasteiger partial charge in [-0.15, -0.1) is 5.56 Å². The van der Waals surface area contributed by atoms with Crippen molar-refractivity contribution in [3.63, 3.8) is 0 Å². The molecule has 1 aromatic carbocycles. The van der Waals surface area contributed by atoms with Gasteiger partial charge in [-0.25, -0.2) is 0 Å². The first-order valence-corrected chi connectivity index (χ1v) is 3.85. The molecule has 0 unspecified atom stereocenters. The van der Waals surface area contributed by atoms with Crippen molar-refractivity contribution >= 4 is 0 Å². The summed E-state index contributed by atoms with van der Waals surface area (Å²) >= 11 is 0. The van der Waals surface area contributed by atoms with Crippen molar-refractivity contribution in [2.24, 2.45) is 0 Å². The predicted molar refractivity (Wildman–Crippen MR) is 47.4 cm³/mol. The van der Waals surface area contributed by atoms with Gasteiger partial charge in [0.25, 0.3) is 0 Å². The first-order chi connectivity index (χ1) is 5.22. The molecule has 0 radical (unpaired) electrons. The molecule has 0 amide bonds. The largest absolute Gasteiger partial charge is 1.00 e. The second-order valence-corrected chi connectivity index (χ2v) is 2.96. The van der Waals surface area contributed by atoms with Gasteiger partial charge >= 0.3 is 18.9 Å². The van der Waals surface area contributed by atoms with E-state index in [-0.39, 0.29) is 18.9 Å². The summed E-state index contributed by atoms with van der Waals surface area (Å²) in [5, 5.41) is 0. The Bertz CT molecular complexity index is 208. The van der Waals surface area contributed by atoms with E-state index < -0.39 is 0 Å². The second kappa shape index (κ2) is 5.43. The van der Waals surface area contributed by atoms with Crippen molar-refractivity contribution in [2.45, 2.75) is 13.0 Å². The Labute approximate surface area is 86.9 Å². The van der Waals surface area contributed by atoms with Gasteiger partial charge in [0, 0.05) is 6.04 Å². The fourth-order valence-electron chi connectivity index (χ4n) is 0.945. The van der Waals surface area contributed by atoms with Crippen LogP contribution in [0, 0.1) is 6.07 Å². The van der Waals surface area contributed by atoms with Crippen molar-refractivity contribution in [2.75, 3.05) is 14.1 Å². The maximum atomic E-state index is 3.21. The van der Waals surface area contributed by atoms with Gasteiger partial charge in [-0.05, 0) is 21.0 Å². The molecule has 0 saturated carbocycles. The van der Waals surface area contributed by atoms with E-state index in [0.29, 0.717) is 6.04 Å². The van der Waals surface area contributed by atoms with Gasteiger partial charge < -0.3 is 4.90 Å². The molecule has 2 heteroatoms. The van der Waals surface area contributed by atoms with Crippen molar-refractivity contribution in [1.82, 2.24) is 4.90 Å². The van der Waals surface area contributed by atoms with Gasteiger partial charge in [-0.2, -0.15) is 30.3 Å². The third-order valence-corrected chi connectivity index (χ3v) is 1.96. The number of benzene rings is 1. The van der Waals surface area contributed by atoms with Crippen LogP contribution in [-0.2, 0) is 0 Å². The Hall–Kier alpha value is -0.223. The molecule has 0 saturated heterocycles. The molecule has 1 atom stereocenters. The maximum Gasteiger partial charge on any atom is 1.00 e. The Morgan fingerprint density at radius 3 is 2.42 bits per heavy atom. The van der Waals surface area contributed by atoms with Gasteiger partial charge in [0.1, 0.15) is 0 Å². The fraction of sp³-hybridized carbons (Fsp3) is 0.400. The zero-order chi connectivity index (χ0) is 8.27. The molecular formula is C10H14LiN. The average Bonchev–Trinajstić information content (AvgIpc) is 2.05. The summed E-state index contributed by atoms with van der Waals surface area (Å²) in [6, 6.07) is 11.8. The van der Waals surface area contributed by atoms with Crippen LogP contribution in [0.15, 0.2) is 24.3 Å². The molecule has 60 valence electrons. The smallest absolute Gasteiger partial charge is 0.305 e. The SMILES string of the molecule is C[C@H](c1[c-]cccc1)N(C)C.[Li+]. The average molecular weight is 155 g/mol. The van der Waals surface area contributed by atoms with E-state index in [1.54, 1.807) is 0 Å². The summed E-state index contributed by atoms with van der Waals surface area (Å²) in [7, 11) is 4.15. The molecule has 0 aliphatic carbocycles. The van der Waals surface area contributed by atoms with Gasteiger partial charge in [-0.1, -0.05) is 0 Å². The Morgan fingerprint density at radius 1 is 1.33 bits per heavy atom. The van der Waals surface area contributed by atoms with Gasteiger partial charge in [0.05, 0.1) is 0 Å². The molecule has 1 rings (SSSR count). The van der Waals surface area contributed by atoms with Crippen LogP contribution in [-0.4, -0.2) is 19.0 Å². The van der Waals surface area contributed by atoms with E-state index in [1.807, 2.05) is 18.2 Å². The van der Waals surface area contributed by atoms with Gasteiger partial charge in [-0.3, -0.25) is 0 Å². The minimum atomic E-state index is 0. The summed E-state index contributed by atoms with van der Waals surface area (Å²) in [5.41, 5.74) is 1.25. The van der Waals surface area contributed by atoms with Crippen LogP contribution in [0.4, 0.5) is 0 Å². The molecule has 12 heavy (non-hydrogen) atoms. The number of hydrogen-bond donors (Lipinski definition) is 0. The summed E-state index contributed by atoms with van der Waals surface area (Å²) in [6.07, 6.45) is 0. The molecule has 0 fully saturated rings.